The third-order valence-electron chi connectivity index (χ3n) is 2.62. The van der Waals surface area contributed by atoms with Crippen molar-refractivity contribution in [2.75, 3.05) is 13.1 Å². The van der Waals surface area contributed by atoms with Crippen molar-refractivity contribution in [3.63, 3.8) is 0 Å². The first kappa shape index (κ1) is 20.8. The van der Waals surface area contributed by atoms with Crippen molar-refractivity contribution < 1.29 is 30.0 Å². The van der Waals surface area contributed by atoms with E-state index in [2.05, 4.69) is 4.72 Å². The summed E-state index contributed by atoms with van der Waals surface area (Å²) in [6, 6.07) is 3.77. The van der Waals surface area contributed by atoms with Crippen LogP contribution in [-0.4, -0.2) is 41.6 Å². The molecule has 0 saturated heterocycles. The molecule has 0 spiro atoms. The van der Waals surface area contributed by atoms with E-state index in [9.17, 15) is 30.0 Å². The Labute approximate surface area is 138 Å². The Kier molecular flexibility index (Phi) is 6.04. The molecule has 1 rings (SSSR count). The molecular weight excluding hydrogens is 371 g/mol. The molecule has 0 aliphatic rings. The van der Waals surface area contributed by atoms with Gasteiger partial charge in [0.15, 0.2) is 0 Å². The van der Waals surface area contributed by atoms with Crippen LogP contribution in [-0.2, 0) is 20.0 Å². The van der Waals surface area contributed by atoms with Crippen molar-refractivity contribution in [2.24, 2.45) is 5.73 Å². The lowest BCUT2D eigenvalue weighted by molar-refractivity contribution is -0.121. The number of halogens is 3. The van der Waals surface area contributed by atoms with Gasteiger partial charge in [-0.2, -0.15) is 13.2 Å². The van der Waals surface area contributed by atoms with Crippen LogP contribution in [0.1, 0.15) is 13.8 Å². The van der Waals surface area contributed by atoms with Gasteiger partial charge in [0.1, 0.15) is 6.54 Å². The zero-order valence-corrected chi connectivity index (χ0v) is 14.5. The van der Waals surface area contributed by atoms with Gasteiger partial charge in [-0.25, -0.2) is 26.3 Å². The van der Waals surface area contributed by atoms with E-state index in [4.69, 9.17) is 5.73 Å². The van der Waals surface area contributed by atoms with Crippen LogP contribution in [0.3, 0.4) is 0 Å². The van der Waals surface area contributed by atoms with E-state index < -0.39 is 43.2 Å². The second kappa shape index (κ2) is 6.96. The number of sulfonamides is 2. The van der Waals surface area contributed by atoms with Gasteiger partial charge in [0, 0.05) is 12.1 Å². The summed E-state index contributed by atoms with van der Waals surface area (Å²) >= 11 is 0. The smallest absolute Gasteiger partial charge is 0.324 e. The van der Waals surface area contributed by atoms with E-state index in [1.54, 1.807) is 13.8 Å². The second-order valence-corrected chi connectivity index (χ2v) is 9.26. The minimum absolute atomic E-state index is 0.0531. The summed E-state index contributed by atoms with van der Waals surface area (Å²) in [5, 5.41) is 0. The van der Waals surface area contributed by atoms with Gasteiger partial charge in [-0.05, 0) is 38.1 Å². The first-order valence-corrected chi connectivity index (χ1v) is 9.54. The fourth-order valence-corrected chi connectivity index (χ4v) is 3.66. The number of hydrogen-bond donors (Lipinski definition) is 3. The van der Waals surface area contributed by atoms with Crippen molar-refractivity contribution in [1.82, 2.24) is 9.44 Å². The van der Waals surface area contributed by atoms with Crippen LogP contribution < -0.4 is 15.2 Å². The largest absolute Gasteiger partial charge is 0.402 e. The summed E-state index contributed by atoms with van der Waals surface area (Å²) in [7, 11) is -8.31. The van der Waals surface area contributed by atoms with Gasteiger partial charge in [-0.15, -0.1) is 0 Å². The van der Waals surface area contributed by atoms with Gasteiger partial charge in [0.2, 0.25) is 20.0 Å². The summed E-state index contributed by atoms with van der Waals surface area (Å²) in [5.74, 6) is 0. The van der Waals surface area contributed by atoms with Gasteiger partial charge in [0.25, 0.3) is 0 Å². The second-order valence-electron chi connectivity index (χ2n) is 5.72. The monoisotopic (exact) mass is 389 g/mol. The summed E-state index contributed by atoms with van der Waals surface area (Å²) in [5.41, 5.74) is 4.87. The molecule has 0 aliphatic heterocycles. The maximum atomic E-state index is 12.1. The Bertz CT molecular complexity index is 700. The van der Waals surface area contributed by atoms with E-state index in [0.717, 1.165) is 24.3 Å². The normalized spacial score (nSPS) is 13.9. The van der Waals surface area contributed by atoms with E-state index >= 15 is 0 Å². The molecule has 4 N–H and O–H groups in total. The Morgan fingerprint density at radius 1 is 0.875 bits per heavy atom. The Morgan fingerprint density at radius 2 is 1.21 bits per heavy atom. The fraction of sp³-hybridized carbons (Fsp3) is 0.500. The van der Waals surface area contributed by atoms with E-state index in [1.165, 1.54) is 4.72 Å². The molecule has 0 aromatic heterocycles. The molecule has 138 valence electrons. The number of rotatable bonds is 7. The van der Waals surface area contributed by atoms with Crippen LogP contribution >= 0.6 is 0 Å². The van der Waals surface area contributed by atoms with Gasteiger partial charge < -0.3 is 5.73 Å². The molecule has 1 aromatic rings. The lowest BCUT2D eigenvalue weighted by Gasteiger charge is -2.19. The van der Waals surface area contributed by atoms with Crippen LogP contribution in [0.5, 0.6) is 0 Å². The summed E-state index contributed by atoms with van der Waals surface area (Å²) in [4.78, 5) is -0.716. The SMILES string of the molecule is CC(C)(N)CNS(=O)(=O)c1ccc(S(=O)(=O)NCC(F)(F)F)cc1. The van der Waals surface area contributed by atoms with Gasteiger partial charge in [-0.3, -0.25) is 0 Å². The van der Waals surface area contributed by atoms with Crippen molar-refractivity contribution in [1.29, 1.82) is 0 Å². The number of hydrogen-bond acceptors (Lipinski definition) is 5. The van der Waals surface area contributed by atoms with Gasteiger partial charge in [-0.1, -0.05) is 0 Å². The zero-order valence-electron chi connectivity index (χ0n) is 12.9. The molecule has 0 aliphatic carbocycles. The zero-order chi connectivity index (χ0) is 18.8. The molecule has 0 bridgehead atoms. The van der Waals surface area contributed by atoms with E-state index in [0.29, 0.717) is 0 Å². The molecule has 0 radical (unpaired) electrons. The highest BCUT2D eigenvalue weighted by molar-refractivity contribution is 7.90. The standard InChI is InChI=1S/C12H18F3N3O4S2/c1-11(2,16)7-17-23(19,20)9-3-5-10(6-4-9)24(21,22)18-8-12(13,14)15/h3-6,17-18H,7-8,16H2,1-2H3. The average Bonchev–Trinajstić information content (AvgIpc) is 2.42. The van der Waals surface area contributed by atoms with Crippen LogP contribution in [0.2, 0.25) is 0 Å². The molecule has 0 fully saturated rings. The molecular formula is C12H18F3N3O4S2. The quantitative estimate of drug-likeness (QED) is 0.629. The molecule has 24 heavy (non-hydrogen) atoms. The van der Waals surface area contributed by atoms with Gasteiger partial charge >= 0.3 is 6.18 Å². The third-order valence-corrected chi connectivity index (χ3v) is 5.46. The highest BCUT2D eigenvalue weighted by atomic mass is 32.2. The summed E-state index contributed by atoms with van der Waals surface area (Å²) in [6.07, 6.45) is -4.70. The maximum Gasteiger partial charge on any atom is 0.402 e. The van der Waals surface area contributed by atoms with Crippen LogP contribution in [0.15, 0.2) is 34.1 Å². The molecule has 7 nitrogen and oxygen atoms in total. The van der Waals surface area contributed by atoms with Crippen molar-refractivity contribution in [3.05, 3.63) is 24.3 Å². The number of nitrogens with one attached hydrogen (secondary N) is 2. The number of alkyl halides is 3. The van der Waals surface area contributed by atoms with Crippen molar-refractivity contribution in [2.45, 2.75) is 35.4 Å². The third kappa shape index (κ3) is 6.73. The minimum atomic E-state index is -4.70. The predicted molar refractivity (Wildman–Crippen MR) is 81.1 cm³/mol. The summed E-state index contributed by atoms with van der Waals surface area (Å²) < 4.78 is 87.3. The molecule has 0 amide bonds. The van der Waals surface area contributed by atoms with Crippen LogP contribution in [0.25, 0.3) is 0 Å². The Hall–Kier alpha value is -1.21. The molecule has 1 aromatic carbocycles. The van der Waals surface area contributed by atoms with E-state index in [-0.39, 0.29) is 11.4 Å². The van der Waals surface area contributed by atoms with Crippen LogP contribution in [0, 0.1) is 0 Å². The first-order valence-electron chi connectivity index (χ1n) is 6.57. The molecule has 0 saturated carbocycles. The van der Waals surface area contributed by atoms with Crippen molar-refractivity contribution >= 4 is 20.0 Å². The molecule has 0 atom stereocenters. The van der Waals surface area contributed by atoms with Crippen LogP contribution in [0.4, 0.5) is 13.2 Å². The van der Waals surface area contributed by atoms with E-state index in [1.807, 2.05) is 0 Å². The first-order chi connectivity index (χ1) is 10.6. The lowest BCUT2D eigenvalue weighted by atomic mass is 10.1. The predicted octanol–water partition coefficient (Wildman–Crippen LogP) is 0.543. The lowest BCUT2D eigenvalue weighted by Crippen LogP contribution is -2.45. The Morgan fingerprint density at radius 3 is 1.50 bits per heavy atom. The fourth-order valence-electron chi connectivity index (χ4n) is 1.42. The maximum absolute atomic E-state index is 12.1. The topological polar surface area (TPSA) is 118 Å². The highest BCUT2D eigenvalue weighted by Crippen LogP contribution is 2.17. The number of benzene rings is 1. The molecule has 0 unspecified atom stereocenters. The van der Waals surface area contributed by atoms with Gasteiger partial charge in [0.05, 0.1) is 9.79 Å². The Balaban J connectivity index is 2.93. The highest BCUT2D eigenvalue weighted by Gasteiger charge is 2.30. The number of nitrogens with two attached hydrogens (primary N) is 1. The molecule has 12 heteroatoms. The summed E-state index contributed by atoms with van der Waals surface area (Å²) in [6.45, 7) is 1.44. The average molecular weight is 389 g/mol. The minimum Gasteiger partial charge on any atom is -0.324 e. The molecule has 0 heterocycles. The van der Waals surface area contributed by atoms with Crippen molar-refractivity contribution in [3.8, 4) is 0 Å².